The molecule has 5 rings (SSSR count). The summed E-state index contributed by atoms with van der Waals surface area (Å²) in [5.74, 6) is -1.51. The van der Waals surface area contributed by atoms with Crippen LogP contribution in [-0.4, -0.2) is 22.1 Å². The van der Waals surface area contributed by atoms with Gasteiger partial charge in [0.2, 0.25) is 0 Å². The molecule has 0 bridgehead atoms. The van der Waals surface area contributed by atoms with Gasteiger partial charge in [0, 0.05) is 10.9 Å². The van der Waals surface area contributed by atoms with Gasteiger partial charge in [-0.1, -0.05) is 0 Å². The smallest absolute Gasteiger partial charge is 0.296 e. The molecule has 1 aliphatic heterocycles. The maximum absolute atomic E-state index is 15.8. The number of rotatable bonds is 2. The average molecular weight is 427 g/mol. The van der Waals surface area contributed by atoms with Crippen molar-refractivity contribution in [2.75, 3.05) is 12.8 Å². The Hall–Kier alpha value is -3.62. The van der Waals surface area contributed by atoms with Crippen molar-refractivity contribution in [2.45, 2.75) is 13.2 Å². The van der Waals surface area contributed by atoms with Gasteiger partial charge >= 0.3 is 0 Å². The molecule has 0 aliphatic carbocycles. The van der Waals surface area contributed by atoms with Gasteiger partial charge in [0.05, 0.1) is 47.9 Å². The predicted octanol–water partition coefficient (Wildman–Crippen LogP) is 2.97. The molecular formula is C19H11F2N5O3S. The van der Waals surface area contributed by atoms with Gasteiger partial charge in [-0.3, -0.25) is 14.8 Å². The Morgan fingerprint density at radius 2 is 2.10 bits per heavy atom. The number of pyridine rings is 1. The Balaban J connectivity index is 1.99. The molecule has 0 atom stereocenters. The third kappa shape index (κ3) is 2.35. The summed E-state index contributed by atoms with van der Waals surface area (Å²) in [7, 11) is 1.29. The van der Waals surface area contributed by atoms with E-state index in [1.807, 2.05) is 6.07 Å². The van der Waals surface area contributed by atoms with E-state index in [0.717, 1.165) is 17.5 Å². The van der Waals surface area contributed by atoms with Gasteiger partial charge in [-0.05, 0) is 11.1 Å². The molecule has 0 saturated carbocycles. The Morgan fingerprint density at radius 3 is 2.83 bits per heavy atom. The molecule has 1 aliphatic rings. The van der Waals surface area contributed by atoms with Gasteiger partial charge in [0.1, 0.15) is 16.6 Å². The van der Waals surface area contributed by atoms with Crippen molar-refractivity contribution in [1.82, 2.24) is 15.0 Å². The highest BCUT2D eigenvalue weighted by atomic mass is 32.1. The van der Waals surface area contributed by atoms with E-state index < -0.39 is 17.2 Å². The lowest BCUT2D eigenvalue weighted by molar-refractivity contribution is 0.135. The van der Waals surface area contributed by atoms with Crippen LogP contribution < -0.4 is 16.0 Å². The largest absolute Gasteiger partial charge is 0.468 e. The molecule has 0 amide bonds. The lowest BCUT2D eigenvalue weighted by Gasteiger charge is -2.13. The van der Waals surface area contributed by atoms with Crippen molar-refractivity contribution in [1.29, 1.82) is 5.26 Å². The number of aromatic amines is 1. The second-order valence-electron chi connectivity index (χ2n) is 6.55. The fourth-order valence-electron chi connectivity index (χ4n) is 3.75. The number of ether oxygens (including phenoxy) is 2. The summed E-state index contributed by atoms with van der Waals surface area (Å²) in [6.07, 6.45) is 0.951. The number of nitrogens with two attached hydrogens (primary N) is 1. The van der Waals surface area contributed by atoms with Crippen LogP contribution in [0.5, 0.6) is 6.01 Å². The van der Waals surface area contributed by atoms with Crippen LogP contribution >= 0.6 is 11.3 Å². The molecule has 8 nitrogen and oxygen atoms in total. The number of nitrogens with one attached hydrogen (secondary N) is 1. The number of fused-ring (bicyclic) bond motifs is 4. The van der Waals surface area contributed by atoms with Gasteiger partial charge in [-0.15, -0.1) is 11.3 Å². The number of anilines is 1. The van der Waals surface area contributed by atoms with E-state index in [4.69, 9.17) is 15.2 Å². The fraction of sp³-hybridized carbons (Fsp3) is 0.158. The number of halogens is 2. The van der Waals surface area contributed by atoms with Crippen LogP contribution in [0, 0.1) is 23.0 Å². The standard InChI is InChI=1S/C19H11F2N5O3S/c1-28-19-25-15-12(18(27)26-19)8-5-29-4-7(8)10(13(15)21)14-11-6(2-22)17(23)30-16(11)9(20)3-24-14/h3H,4-5,23H2,1H3,(H,25,26,27). The number of nitrogen functional groups attached to an aromatic ring is 1. The van der Waals surface area contributed by atoms with Crippen molar-refractivity contribution < 1.29 is 18.3 Å². The van der Waals surface area contributed by atoms with Gasteiger partial charge < -0.3 is 15.2 Å². The Morgan fingerprint density at radius 1 is 1.33 bits per heavy atom. The number of benzene rings is 1. The molecule has 1 aromatic carbocycles. The molecule has 30 heavy (non-hydrogen) atoms. The number of H-pyrrole nitrogens is 1. The second-order valence-corrected chi connectivity index (χ2v) is 7.60. The van der Waals surface area contributed by atoms with Crippen molar-refractivity contribution in [3.8, 4) is 23.3 Å². The molecule has 0 spiro atoms. The van der Waals surface area contributed by atoms with Crippen LogP contribution in [-0.2, 0) is 18.0 Å². The number of hydrogen-bond acceptors (Lipinski definition) is 8. The van der Waals surface area contributed by atoms with Crippen molar-refractivity contribution in [3.05, 3.63) is 44.9 Å². The van der Waals surface area contributed by atoms with E-state index in [-0.39, 0.29) is 62.0 Å². The first-order chi connectivity index (χ1) is 14.5. The second kappa shape index (κ2) is 6.45. The SMILES string of the molecule is COc1nc2c(F)c(-c3ncc(F)c4sc(N)c(C#N)c34)c3c(c2c(=O)[nH]1)COC3. The molecule has 3 aromatic heterocycles. The first-order valence-electron chi connectivity index (χ1n) is 8.62. The molecule has 0 unspecified atom stereocenters. The van der Waals surface area contributed by atoms with Crippen LogP contribution in [0.4, 0.5) is 13.8 Å². The minimum atomic E-state index is -0.840. The fourth-order valence-corrected chi connectivity index (χ4v) is 4.67. The summed E-state index contributed by atoms with van der Waals surface area (Å²) in [4.78, 5) is 23.2. The van der Waals surface area contributed by atoms with Crippen LogP contribution in [0.25, 0.3) is 32.2 Å². The van der Waals surface area contributed by atoms with Crippen LogP contribution in [0.1, 0.15) is 16.7 Å². The van der Waals surface area contributed by atoms with E-state index in [1.165, 1.54) is 7.11 Å². The minimum absolute atomic E-state index is 0.00514. The van der Waals surface area contributed by atoms with Crippen molar-refractivity contribution in [3.63, 3.8) is 0 Å². The van der Waals surface area contributed by atoms with Gasteiger partial charge in [0.25, 0.3) is 11.6 Å². The Kier molecular flexibility index (Phi) is 3.96. The molecule has 11 heteroatoms. The zero-order valence-electron chi connectivity index (χ0n) is 15.3. The zero-order valence-corrected chi connectivity index (χ0v) is 16.1. The molecular weight excluding hydrogens is 416 g/mol. The molecule has 0 radical (unpaired) electrons. The predicted molar refractivity (Wildman–Crippen MR) is 105 cm³/mol. The number of thiophene rings is 1. The quantitative estimate of drug-likeness (QED) is 0.503. The summed E-state index contributed by atoms with van der Waals surface area (Å²) in [5.41, 5.74) is 5.99. The first-order valence-corrected chi connectivity index (χ1v) is 9.43. The van der Waals surface area contributed by atoms with E-state index in [2.05, 4.69) is 15.0 Å². The monoisotopic (exact) mass is 427 g/mol. The van der Waals surface area contributed by atoms with Crippen molar-refractivity contribution in [2.24, 2.45) is 0 Å². The molecule has 150 valence electrons. The summed E-state index contributed by atoms with van der Waals surface area (Å²) < 4.78 is 40.7. The highest BCUT2D eigenvalue weighted by Gasteiger charge is 2.30. The Bertz CT molecular complexity index is 1490. The number of nitriles is 1. The third-order valence-electron chi connectivity index (χ3n) is 5.02. The average Bonchev–Trinajstić information content (AvgIpc) is 3.33. The zero-order chi connectivity index (χ0) is 21.2. The summed E-state index contributed by atoms with van der Waals surface area (Å²) in [6.45, 7) is 0.0858. The highest BCUT2D eigenvalue weighted by Crippen LogP contribution is 2.44. The van der Waals surface area contributed by atoms with Gasteiger partial charge in [-0.2, -0.15) is 10.2 Å². The lowest BCUT2D eigenvalue weighted by Crippen LogP contribution is -2.14. The van der Waals surface area contributed by atoms with Crippen LogP contribution in [0.2, 0.25) is 0 Å². The topological polar surface area (TPSA) is 127 Å². The third-order valence-corrected chi connectivity index (χ3v) is 6.05. The summed E-state index contributed by atoms with van der Waals surface area (Å²) in [5, 5.41) is 9.81. The summed E-state index contributed by atoms with van der Waals surface area (Å²) >= 11 is 0.886. The molecule has 0 fully saturated rings. The Labute approximate surface area is 170 Å². The van der Waals surface area contributed by atoms with Crippen molar-refractivity contribution >= 4 is 37.3 Å². The van der Waals surface area contributed by atoms with E-state index in [0.29, 0.717) is 11.1 Å². The molecule has 4 heterocycles. The van der Waals surface area contributed by atoms with Crippen LogP contribution in [0.3, 0.4) is 0 Å². The molecule has 0 saturated heterocycles. The number of nitrogens with zero attached hydrogens (tertiary/aromatic N) is 3. The van der Waals surface area contributed by atoms with Gasteiger partial charge in [-0.25, -0.2) is 8.78 Å². The first kappa shape index (κ1) is 18.4. The molecule has 3 N–H and O–H groups in total. The van der Waals surface area contributed by atoms with E-state index in [1.54, 1.807) is 0 Å². The highest BCUT2D eigenvalue weighted by molar-refractivity contribution is 7.23. The van der Waals surface area contributed by atoms with Crippen LogP contribution in [0.15, 0.2) is 11.0 Å². The van der Waals surface area contributed by atoms with E-state index >= 15 is 4.39 Å². The number of hydrogen-bond donors (Lipinski definition) is 2. The lowest BCUT2D eigenvalue weighted by atomic mass is 9.94. The van der Waals surface area contributed by atoms with Gasteiger partial charge in [0.15, 0.2) is 11.6 Å². The maximum atomic E-state index is 15.8. The summed E-state index contributed by atoms with van der Waals surface area (Å²) in [6, 6.07) is 1.78. The number of methoxy groups -OCH3 is 1. The molecule has 4 aromatic rings. The van der Waals surface area contributed by atoms with E-state index in [9.17, 15) is 14.4 Å². The minimum Gasteiger partial charge on any atom is -0.468 e. The normalized spacial score (nSPS) is 13.0. The number of aromatic nitrogens is 3. The maximum Gasteiger partial charge on any atom is 0.296 e.